The first-order valence-corrected chi connectivity index (χ1v) is 7.79. The van der Waals surface area contributed by atoms with Gasteiger partial charge in [0, 0.05) is 6.54 Å². The number of carbonyl (C=O) groups is 3. The highest BCUT2D eigenvalue weighted by molar-refractivity contribution is 6.09. The van der Waals surface area contributed by atoms with Crippen molar-refractivity contribution >= 4 is 17.8 Å². The molecule has 2 aliphatic heterocycles. The molecule has 0 bridgehead atoms. The summed E-state index contributed by atoms with van der Waals surface area (Å²) in [5.74, 6) is -2.05. The first-order chi connectivity index (χ1) is 11.0. The van der Waals surface area contributed by atoms with Gasteiger partial charge in [0.25, 0.3) is 0 Å². The molecule has 0 saturated carbocycles. The molecule has 2 aliphatic rings. The normalized spacial score (nSPS) is 33.2. The molecule has 7 nitrogen and oxygen atoms in total. The van der Waals surface area contributed by atoms with E-state index in [9.17, 15) is 14.4 Å². The number of nitrogens with zero attached hydrogens (tertiary/aromatic N) is 1. The van der Waals surface area contributed by atoms with Gasteiger partial charge in [0.15, 0.2) is 0 Å². The Morgan fingerprint density at radius 2 is 2.13 bits per heavy atom. The maximum atomic E-state index is 12.7. The topological polar surface area (TPSA) is 88.8 Å². The fourth-order valence-corrected chi connectivity index (χ4v) is 3.69. The fraction of sp³-hybridized carbons (Fsp3) is 0.562. The summed E-state index contributed by atoms with van der Waals surface area (Å²) in [4.78, 5) is 39.1. The minimum absolute atomic E-state index is 0.207. The second kappa shape index (κ2) is 5.49. The SMILES string of the molecule is CCOC(=O)[C@]1(C)N[C@@H](c2ccco2)[C@@H]2C(=O)N(CC)C(=O)[C@H]21. The second-order valence-electron chi connectivity index (χ2n) is 5.98. The van der Waals surface area contributed by atoms with Crippen molar-refractivity contribution in [3.8, 4) is 0 Å². The number of imide groups is 1. The Labute approximate surface area is 134 Å². The van der Waals surface area contributed by atoms with Crippen molar-refractivity contribution in [2.75, 3.05) is 13.2 Å². The average Bonchev–Trinajstić information content (AvgIpc) is 3.18. The standard InChI is InChI=1S/C16H20N2O5/c1-4-18-13(19)10-11(14(18)20)16(3,15(21)22-5-2)17-12(10)9-7-6-8-23-9/h6-8,10-12,17H,4-5H2,1-3H3/t10-,11+,12+,16-/m1/s1. The van der Waals surface area contributed by atoms with Gasteiger partial charge < -0.3 is 9.15 Å². The molecular weight excluding hydrogens is 300 g/mol. The first kappa shape index (κ1) is 15.7. The molecule has 0 radical (unpaired) electrons. The summed E-state index contributed by atoms with van der Waals surface area (Å²) in [6.07, 6.45) is 1.50. The van der Waals surface area contributed by atoms with Crippen LogP contribution >= 0.6 is 0 Å². The quantitative estimate of drug-likeness (QED) is 0.654. The third-order valence-electron chi connectivity index (χ3n) is 4.74. The van der Waals surface area contributed by atoms with Crippen LogP contribution in [0.15, 0.2) is 22.8 Å². The van der Waals surface area contributed by atoms with Gasteiger partial charge in [0.1, 0.15) is 11.3 Å². The van der Waals surface area contributed by atoms with E-state index in [4.69, 9.17) is 9.15 Å². The summed E-state index contributed by atoms with van der Waals surface area (Å²) in [7, 11) is 0. The van der Waals surface area contributed by atoms with Gasteiger partial charge in [-0.05, 0) is 32.9 Å². The van der Waals surface area contributed by atoms with Crippen LogP contribution in [0.4, 0.5) is 0 Å². The van der Waals surface area contributed by atoms with Gasteiger partial charge in [-0.2, -0.15) is 0 Å². The lowest BCUT2D eigenvalue weighted by Gasteiger charge is -2.28. The lowest BCUT2D eigenvalue weighted by atomic mass is 9.81. The smallest absolute Gasteiger partial charge is 0.326 e. The molecule has 124 valence electrons. The average molecular weight is 320 g/mol. The molecule has 4 atom stereocenters. The molecule has 7 heteroatoms. The predicted octanol–water partition coefficient (Wildman–Crippen LogP) is 0.867. The van der Waals surface area contributed by atoms with E-state index in [1.165, 1.54) is 11.2 Å². The summed E-state index contributed by atoms with van der Waals surface area (Å²) >= 11 is 0. The summed E-state index contributed by atoms with van der Waals surface area (Å²) in [6, 6.07) is 2.92. The summed E-state index contributed by atoms with van der Waals surface area (Å²) in [5.41, 5.74) is -1.26. The highest BCUT2D eigenvalue weighted by Crippen LogP contribution is 2.48. The summed E-state index contributed by atoms with van der Waals surface area (Å²) in [6.45, 7) is 5.56. The number of carbonyl (C=O) groups excluding carboxylic acids is 3. The summed E-state index contributed by atoms with van der Waals surface area (Å²) < 4.78 is 10.6. The zero-order chi connectivity index (χ0) is 16.8. The molecule has 0 unspecified atom stereocenters. The van der Waals surface area contributed by atoms with E-state index in [0.29, 0.717) is 5.76 Å². The van der Waals surface area contributed by atoms with Crippen molar-refractivity contribution in [1.29, 1.82) is 0 Å². The van der Waals surface area contributed by atoms with Crippen molar-refractivity contribution in [1.82, 2.24) is 10.2 Å². The van der Waals surface area contributed by atoms with Crippen LogP contribution in [0.1, 0.15) is 32.6 Å². The maximum Gasteiger partial charge on any atom is 0.326 e. The Kier molecular flexibility index (Phi) is 3.75. The molecule has 0 aromatic carbocycles. The van der Waals surface area contributed by atoms with Crippen LogP contribution in [0, 0.1) is 11.8 Å². The zero-order valence-electron chi connectivity index (χ0n) is 13.4. The van der Waals surface area contributed by atoms with Crippen molar-refractivity contribution in [2.45, 2.75) is 32.4 Å². The Bertz CT molecular complexity index is 641. The largest absolute Gasteiger partial charge is 0.468 e. The molecule has 2 fully saturated rings. The molecule has 2 saturated heterocycles. The third-order valence-corrected chi connectivity index (χ3v) is 4.74. The molecular formula is C16H20N2O5. The van der Waals surface area contributed by atoms with Crippen molar-refractivity contribution < 1.29 is 23.5 Å². The summed E-state index contributed by atoms with van der Waals surface area (Å²) in [5, 5.41) is 3.13. The van der Waals surface area contributed by atoms with Crippen LogP contribution < -0.4 is 5.32 Å². The Hall–Kier alpha value is -2.15. The van der Waals surface area contributed by atoms with Crippen LogP contribution in [-0.2, 0) is 19.1 Å². The monoisotopic (exact) mass is 320 g/mol. The molecule has 1 aromatic rings. The minimum Gasteiger partial charge on any atom is -0.468 e. The van der Waals surface area contributed by atoms with Crippen LogP contribution in [0.3, 0.4) is 0 Å². The second-order valence-corrected chi connectivity index (χ2v) is 5.98. The number of furan rings is 1. The van der Waals surface area contributed by atoms with Crippen LogP contribution in [0.2, 0.25) is 0 Å². The van der Waals surface area contributed by atoms with Gasteiger partial charge in [-0.1, -0.05) is 0 Å². The Morgan fingerprint density at radius 1 is 1.39 bits per heavy atom. The number of rotatable bonds is 4. The number of likely N-dealkylation sites (tertiary alicyclic amines) is 1. The van der Waals surface area contributed by atoms with Gasteiger partial charge in [-0.15, -0.1) is 0 Å². The van der Waals surface area contributed by atoms with E-state index in [-0.39, 0.29) is 25.0 Å². The van der Waals surface area contributed by atoms with Crippen molar-refractivity contribution in [3.63, 3.8) is 0 Å². The predicted molar refractivity (Wildman–Crippen MR) is 79.0 cm³/mol. The molecule has 3 rings (SSSR count). The third kappa shape index (κ3) is 2.10. The molecule has 3 heterocycles. The van der Waals surface area contributed by atoms with Crippen molar-refractivity contribution in [3.05, 3.63) is 24.2 Å². The van der Waals surface area contributed by atoms with E-state index >= 15 is 0 Å². The number of ether oxygens (including phenoxy) is 1. The number of esters is 1. The van der Waals surface area contributed by atoms with Crippen molar-refractivity contribution in [2.24, 2.45) is 11.8 Å². The molecule has 0 spiro atoms. The molecule has 1 N–H and O–H groups in total. The van der Waals surface area contributed by atoms with Crippen LogP contribution in [0.25, 0.3) is 0 Å². The van der Waals surface area contributed by atoms with Gasteiger partial charge in [-0.3, -0.25) is 24.6 Å². The van der Waals surface area contributed by atoms with E-state index in [2.05, 4.69) is 5.32 Å². The molecule has 23 heavy (non-hydrogen) atoms. The fourth-order valence-electron chi connectivity index (χ4n) is 3.69. The zero-order valence-corrected chi connectivity index (χ0v) is 13.4. The minimum atomic E-state index is -1.26. The number of hydrogen-bond acceptors (Lipinski definition) is 6. The lowest BCUT2D eigenvalue weighted by Crippen LogP contribution is -2.54. The Balaban J connectivity index is 2.06. The highest BCUT2D eigenvalue weighted by atomic mass is 16.5. The van der Waals surface area contributed by atoms with E-state index in [1.54, 1.807) is 32.9 Å². The lowest BCUT2D eigenvalue weighted by molar-refractivity contribution is -0.155. The molecule has 0 aliphatic carbocycles. The van der Waals surface area contributed by atoms with Gasteiger partial charge in [0.2, 0.25) is 11.8 Å². The van der Waals surface area contributed by atoms with Gasteiger partial charge in [0.05, 0.1) is 30.7 Å². The van der Waals surface area contributed by atoms with E-state index in [1.807, 2.05) is 0 Å². The first-order valence-electron chi connectivity index (χ1n) is 7.79. The molecule has 1 aromatic heterocycles. The number of amides is 2. The number of fused-ring (bicyclic) bond motifs is 1. The molecule has 2 amide bonds. The van der Waals surface area contributed by atoms with Gasteiger partial charge in [-0.25, -0.2) is 0 Å². The van der Waals surface area contributed by atoms with Crippen LogP contribution in [-0.4, -0.2) is 41.4 Å². The van der Waals surface area contributed by atoms with Gasteiger partial charge >= 0.3 is 5.97 Å². The van der Waals surface area contributed by atoms with Crippen LogP contribution in [0.5, 0.6) is 0 Å². The number of hydrogen-bond donors (Lipinski definition) is 1. The maximum absolute atomic E-state index is 12.7. The Morgan fingerprint density at radius 3 is 2.70 bits per heavy atom. The van der Waals surface area contributed by atoms with E-state index < -0.39 is 29.4 Å². The number of nitrogens with one attached hydrogen (secondary N) is 1. The highest BCUT2D eigenvalue weighted by Gasteiger charge is 2.67. The van der Waals surface area contributed by atoms with E-state index in [0.717, 1.165) is 0 Å².